The van der Waals surface area contributed by atoms with E-state index in [2.05, 4.69) is 5.32 Å². The van der Waals surface area contributed by atoms with Crippen LogP contribution in [0.5, 0.6) is 0 Å². The molecule has 130 valence electrons. The lowest BCUT2D eigenvalue weighted by Crippen LogP contribution is -2.37. The molecule has 7 nitrogen and oxygen atoms in total. The first kappa shape index (κ1) is 18.1. The average Bonchev–Trinajstić information content (AvgIpc) is 2.61. The maximum absolute atomic E-state index is 13.4. The first-order chi connectivity index (χ1) is 12.0. The van der Waals surface area contributed by atoms with Gasteiger partial charge in [-0.15, -0.1) is 0 Å². The minimum Gasteiger partial charge on any atom is -0.452 e. The fourth-order valence-electron chi connectivity index (χ4n) is 1.84. The lowest BCUT2D eigenvalue weighted by atomic mass is 10.1. The predicted octanol–water partition coefficient (Wildman–Crippen LogP) is 1.82. The Hall–Kier alpha value is -3.26. The molecule has 0 fully saturated rings. The summed E-state index contributed by atoms with van der Waals surface area (Å²) in [7, 11) is 0. The monoisotopic (exact) mass is 346 g/mol. The number of ether oxygens (including phenoxy) is 1. The Labute approximate surface area is 142 Å². The van der Waals surface area contributed by atoms with Crippen molar-refractivity contribution >= 4 is 23.6 Å². The van der Waals surface area contributed by atoms with E-state index in [1.807, 2.05) is 5.32 Å². The van der Waals surface area contributed by atoms with Crippen molar-refractivity contribution in [3.05, 3.63) is 65.5 Å². The summed E-state index contributed by atoms with van der Waals surface area (Å²) < 4.78 is 18.1. The number of aliphatic hydroxyl groups is 1. The molecule has 0 saturated heterocycles. The van der Waals surface area contributed by atoms with Gasteiger partial charge in [0.15, 0.2) is 6.61 Å². The Kier molecular flexibility index (Phi) is 6.19. The molecule has 0 saturated carbocycles. The second kappa shape index (κ2) is 8.55. The molecule has 0 spiro atoms. The van der Waals surface area contributed by atoms with Gasteiger partial charge in [0.05, 0.1) is 17.9 Å². The number of halogens is 1. The van der Waals surface area contributed by atoms with Crippen LogP contribution in [0.3, 0.4) is 0 Å². The maximum atomic E-state index is 13.4. The summed E-state index contributed by atoms with van der Waals surface area (Å²) in [6.07, 6.45) is 0. The molecule has 2 aromatic rings. The van der Waals surface area contributed by atoms with Crippen LogP contribution in [0.1, 0.15) is 15.9 Å². The largest absolute Gasteiger partial charge is 0.452 e. The number of carbonyl (C=O) groups is 3. The highest BCUT2D eigenvalue weighted by atomic mass is 19.1. The third kappa shape index (κ3) is 5.40. The van der Waals surface area contributed by atoms with Crippen LogP contribution in [0, 0.1) is 5.82 Å². The van der Waals surface area contributed by atoms with Gasteiger partial charge in [0, 0.05) is 0 Å². The first-order valence-corrected chi connectivity index (χ1v) is 7.22. The zero-order chi connectivity index (χ0) is 18.2. The summed E-state index contributed by atoms with van der Waals surface area (Å²) >= 11 is 0. The van der Waals surface area contributed by atoms with E-state index in [1.165, 1.54) is 30.3 Å². The van der Waals surface area contributed by atoms with Crippen molar-refractivity contribution < 1.29 is 28.6 Å². The Bertz CT molecular complexity index is 777. The van der Waals surface area contributed by atoms with Crippen LogP contribution < -0.4 is 10.6 Å². The number of benzene rings is 2. The van der Waals surface area contributed by atoms with Crippen LogP contribution in [-0.4, -0.2) is 29.6 Å². The molecule has 8 heteroatoms. The molecule has 3 N–H and O–H groups in total. The highest BCUT2D eigenvalue weighted by Crippen LogP contribution is 2.11. The molecule has 0 aliphatic rings. The van der Waals surface area contributed by atoms with E-state index in [9.17, 15) is 18.8 Å². The minimum absolute atomic E-state index is 0.0891. The normalized spacial score (nSPS) is 10.0. The van der Waals surface area contributed by atoms with Gasteiger partial charge < -0.3 is 15.2 Å². The maximum Gasteiger partial charge on any atom is 0.338 e. The number of esters is 1. The first-order valence-electron chi connectivity index (χ1n) is 7.22. The lowest BCUT2D eigenvalue weighted by Gasteiger charge is -2.08. The van der Waals surface area contributed by atoms with Gasteiger partial charge in [0.2, 0.25) is 0 Å². The number of rotatable bonds is 5. The molecule has 0 atom stereocenters. The Morgan fingerprint density at radius 1 is 1.04 bits per heavy atom. The smallest absolute Gasteiger partial charge is 0.338 e. The number of hydrogen-bond donors (Lipinski definition) is 3. The number of imide groups is 1. The second-order valence-electron chi connectivity index (χ2n) is 4.91. The Morgan fingerprint density at radius 2 is 1.72 bits per heavy atom. The number of anilines is 1. The summed E-state index contributed by atoms with van der Waals surface area (Å²) in [5.74, 6) is -2.27. The third-order valence-electron chi connectivity index (χ3n) is 3.08. The van der Waals surface area contributed by atoms with E-state index in [0.717, 1.165) is 6.07 Å². The molecule has 0 aliphatic carbocycles. The standard InChI is InChI=1S/C17H15FN2O5/c18-13-3-1-2-4-14(13)19-17(24)20-15(22)10-25-16(23)12-7-5-11(9-21)6-8-12/h1-8,21H,9-10H2,(H2,19,20,22,24). The molecular weight excluding hydrogens is 331 g/mol. The average molecular weight is 346 g/mol. The zero-order valence-electron chi connectivity index (χ0n) is 13.0. The molecular formula is C17H15FN2O5. The van der Waals surface area contributed by atoms with Gasteiger partial charge in [-0.05, 0) is 29.8 Å². The van der Waals surface area contributed by atoms with Crippen molar-refractivity contribution in [1.82, 2.24) is 5.32 Å². The van der Waals surface area contributed by atoms with E-state index < -0.39 is 30.3 Å². The highest BCUT2D eigenvalue weighted by Gasteiger charge is 2.13. The molecule has 2 aromatic carbocycles. The van der Waals surface area contributed by atoms with Crippen molar-refractivity contribution in [2.75, 3.05) is 11.9 Å². The van der Waals surface area contributed by atoms with Crippen molar-refractivity contribution in [3.8, 4) is 0 Å². The van der Waals surface area contributed by atoms with Crippen LogP contribution in [0.2, 0.25) is 0 Å². The molecule has 0 bridgehead atoms. The lowest BCUT2D eigenvalue weighted by molar-refractivity contribution is -0.123. The summed E-state index contributed by atoms with van der Waals surface area (Å²) in [6.45, 7) is -0.833. The van der Waals surface area contributed by atoms with Gasteiger partial charge in [-0.1, -0.05) is 24.3 Å². The predicted molar refractivity (Wildman–Crippen MR) is 86.2 cm³/mol. The van der Waals surface area contributed by atoms with E-state index in [0.29, 0.717) is 5.56 Å². The number of hydrogen-bond acceptors (Lipinski definition) is 5. The SMILES string of the molecule is O=C(COC(=O)c1ccc(CO)cc1)NC(=O)Nc1ccccc1F. The van der Waals surface area contributed by atoms with Crippen LogP contribution in [0.25, 0.3) is 0 Å². The molecule has 0 aliphatic heterocycles. The number of amides is 3. The summed E-state index contributed by atoms with van der Waals surface area (Å²) in [5, 5.41) is 13.0. The zero-order valence-corrected chi connectivity index (χ0v) is 13.0. The number of para-hydroxylation sites is 1. The van der Waals surface area contributed by atoms with Crippen LogP contribution >= 0.6 is 0 Å². The van der Waals surface area contributed by atoms with Crippen molar-refractivity contribution in [2.24, 2.45) is 0 Å². The van der Waals surface area contributed by atoms with Crippen molar-refractivity contribution in [1.29, 1.82) is 0 Å². The Balaban J connectivity index is 1.80. The van der Waals surface area contributed by atoms with Crippen LogP contribution in [0.4, 0.5) is 14.9 Å². The number of nitrogens with one attached hydrogen (secondary N) is 2. The van der Waals surface area contributed by atoms with Crippen molar-refractivity contribution in [2.45, 2.75) is 6.61 Å². The summed E-state index contributed by atoms with van der Waals surface area (Å²) in [6, 6.07) is 10.5. The van der Waals surface area contributed by atoms with Crippen LogP contribution in [0.15, 0.2) is 48.5 Å². The molecule has 2 rings (SSSR count). The molecule has 0 heterocycles. The molecule has 3 amide bonds. The molecule has 25 heavy (non-hydrogen) atoms. The molecule has 0 unspecified atom stereocenters. The third-order valence-corrected chi connectivity index (χ3v) is 3.08. The minimum atomic E-state index is -0.946. The molecule has 0 radical (unpaired) electrons. The fourth-order valence-corrected chi connectivity index (χ4v) is 1.84. The summed E-state index contributed by atoms with van der Waals surface area (Å²) in [4.78, 5) is 34.9. The van der Waals surface area contributed by atoms with Crippen molar-refractivity contribution in [3.63, 3.8) is 0 Å². The van der Waals surface area contributed by atoms with Crippen LogP contribution in [-0.2, 0) is 16.1 Å². The van der Waals surface area contributed by atoms with E-state index in [1.54, 1.807) is 12.1 Å². The fraction of sp³-hybridized carbons (Fsp3) is 0.118. The van der Waals surface area contributed by atoms with Gasteiger partial charge in [0.1, 0.15) is 5.82 Å². The number of aliphatic hydroxyl groups excluding tert-OH is 1. The molecule has 0 aromatic heterocycles. The van der Waals surface area contributed by atoms with Gasteiger partial charge >= 0.3 is 12.0 Å². The van der Waals surface area contributed by atoms with Gasteiger partial charge in [-0.2, -0.15) is 0 Å². The van der Waals surface area contributed by atoms with Gasteiger partial charge in [-0.3, -0.25) is 10.1 Å². The van der Waals surface area contributed by atoms with Gasteiger partial charge in [-0.25, -0.2) is 14.0 Å². The topological polar surface area (TPSA) is 105 Å². The van der Waals surface area contributed by atoms with E-state index in [-0.39, 0.29) is 17.9 Å². The van der Waals surface area contributed by atoms with E-state index in [4.69, 9.17) is 9.84 Å². The second-order valence-corrected chi connectivity index (χ2v) is 4.91. The quantitative estimate of drug-likeness (QED) is 0.717. The summed E-state index contributed by atoms with van der Waals surface area (Å²) in [5.41, 5.74) is 0.730. The van der Waals surface area contributed by atoms with E-state index >= 15 is 0 Å². The van der Waals surface area contributed by atoms with Gasteiger partial charge in [0.25, 0.3) is 5.91 Å². The number of carbonyl (C=O) groups excluding carboxylic acids is 3. The Morgan fingerprint density at radius 3 is 2.36 bits per heavy atom. The number of urea groups is 1. The highest BCUT2D eigenvalue weighted by molar-refractivity contribution is 6.02.